The molecule has 4 aromatic carbocycles. The quantitative estimate of drug-likeness (QED) is 0.0789. The van der Waals surface area contributed by atoms with Crippen LogP contribution in [0.2, 0.25) is 0 Å². The molecule has 0 bridgehead atoms. The maximum absolute atomic E-state index is 4.82. The molecular weight excluding hydrogens is 556 g/mol. The van der Waals surface area contributed by atoms with Gasteiger partial charge in [0, 0.05) is 0 Å². The van der Waals surface area contributed by atoms with Crippen LogP contribution in [0.5, 0.6) is 0 Å². The minimum absolute atomic E-state index is 0.922. The van der Waals surface area contributed by atoms with E-state index in [4.69, 9.17) is 10.2 Å². The second-order valence-corrected chi connectivity index (χ2v) is 12.9. The van der Waals surface area contributed by atoms with Crippen LogP contribution in [-0.4, -0.2) is 0 Å². The van der Waals surface area contributed by atoms with Gasteiger partial charge in [-0.05, 0) is 114 Å². The predicted octanol–water partition coefficient (Wildman–Crippen LogP) is 14.1. The molecule has 0 spiro atoms. The van der Waals surface area contributed by atoms with E-state index in [0.29, 0.717) is 0 Å². The van der Waals surface area contributed by atoms with Crippen molar-refractivity contribution in [1.29, 1.82) is 0 Å². The van der Waals surface area contributed by atoms with Gasteiger partial charge in [-0.3, -0.25) is 0 Å². The first-order valence-corrected chi connectivity index (χ1v) is 18.0. The number of benzene rings is 4. The van der Waals surface area contributed by atoms with Crippen LogP contribution in [0.1, 0.15) is 120 Å². The lowest BCUT2D eigenvalue weighted by molar-refractivity contribution is 0.607. The Morgan fingerprint density at radius 1 is 0.609 bits per heavy atom. The van der Waals surface area contributed by atoms with Gasteiger partial charge in [0.1, 0.15) is 0 Å². The third-order valence-corrected chi connectivity index (χ3v) is 9.15. The highest BCUT2D eigenvalue weighted by Gasteiger charge is 2.13. The van der Waals surface area contributed by atoms with Crippen LogP contribution in [0.4, 0.5) is 5.69 Å². The van der Waals surface area contributed by atoms with Crippen LogP contribution in [-0.2, 0) is 19.3 Å². The van der Waals surface area contributed by atoms with Crippen molar-refractivity contribution in [3.63, 3.8) is 0 Å². The Kier molecular flexibility index (Phi) is 14.5. The highest BCUT2D eigenvalue weighted by molar-refractivity contribution is 5.74. The van der Waals surface area contributed by atoms with E-state index in [1.807, 2.05) is 0 Å². The van der Waals surface area contributed by atoms with Gasteiger partial charge in [0.2, 0.25) is 0 Å². The molecular formula is C44H56N2. The van der Waals surface area contributed by atoms with E-state index in [-0.39, 0.29) is 0 Å². The van der Waals surface area contributed by atoms with Gasteiger partial charge in [0.05, 0.1) is 11.4 Å². The van der Waals surface area contributed by atoms with Crippen LogP contribution in [0.15, 0.2) is 101 Å². The van der Waals surface area contributed by atoms with Crippen LogP contribution in [0.25, 0.3) is 28.3 Å². The van der Waals surface area contributed by atoms with Gasteiger partial charge in [0.15, 0.2) is 0 Å². The van der Waals surface area contributed by atoms with E-state index in [1.54, 1.807) is 0 Å². The Morgan fingerprint density at radius 2 is 1.17 bits per heavy atom. The number of unbranched alkanes of at least 4 members (excludes halogenated alkanes) is 8. The molecule has 0 radical (unpaired) electrons. The summed E-state index contributed by atoms with van der Waals surface area (Å²) in [5, 5.41) is 9.58. The van der Waals surface area contributed by atoms with Crippen molar-refractivity contribution in [1.82, 2.24) is 0 Å². The summed E-state index contributed by atoms with van der Waals surface area (Å²) in [7, 11) is 0. The first-order valence-electron chi connectivity index (χ1n) is 18.0. The number of rotatable bonds is 18. The number of allylic oxidation sites excluding steroid dienone is 1. The number of aryl methyl sites for hydroxylation is 3. The summed E-state index contributed by atoms with van der Waals surface area (Å²) in [4.78, 5) is 0. The van der Waals surface area contributed by atoms with Crippen molar-refractivity contribution in [2.24, 2.45) is 10.2 Å². The molecule has 4 rings (SSSR count). The molecule has 0 N–H and O–H groups in total. The molecule has 0 unspecified atom stereocenters. The Balaban J connectivity index is 1.62. The summed E-state index contributed by atoms with van der Waals surface area (Å²) in [6, 6.07) is 30.9. The fraction of sp³-hybridized carbons (Fsp3) is 0.409. The number of azo groups is 1. The topological polar surface area (TPSA) is 24.7 Å². The molecule has 242 valence electrons. The van der Waals surface area contributed by atoms with E-state index >= 15 is 0 Å². The molecule has 2 heteroatoms. The molecule has 0 atom stereocenters. The number of hydrogen-bond acceptors (Lipinski definition) is 2. The van der Waals surface area contributed by atoms with Gasteiger partial charge < -0.3 is 0 Å². The molecule has 0 aliphatic rings. The molecule has 0 saturated carbocycles. The van der Waals surface area contributed by atoms with Gasteiger partial charge in [-0.2, -0.15) is 10.2 Å². The van der Waals surface area contributed by atoms with Crippen molar-refractivity contribution >= 4 is 11.8 Å². The van der Waals surface area contributed by atoms with Crippen molar-refractivity contribution in [2.75, 3.05) is 0 Å². The zero-order chi connectivity index (χ0) is 32.6. The normalized spacial score (nSPS) is 11.9. The average Bonchev–Trinajstić information content (AvgIpc) is 3.08. The molecule has 2 nitrogen and oxygen atoms in total. The van der Waals surface area contributed by atoms with E-state index in [1.165, 1.54) is 114 Å². The zero-order valence-electron chi connectivity index (χ0n) is 29.2. The molecule has 0 aliphatic carbocycles. The zero-order valence-corrected chi connectivity index (χ0v) is 29.2. The van der Waals surface area contributed by atoms with Crippen LogP contribution in [0, 0.1) is 6.92 Å². The first-order chi connectivity index (χ1) is 22.5. The third-order valence-electron chi connectivity index (χ3n) is 9.15. The number of hydrogen-bond donors (Lipinski definition) is 0. The smallest absolute Gasteiger partial charge is 0.0866 e. The Hall–Kier alpha value is -3.78. The second-order valence-electron chi connectivity index (χ2n) is 12.9. The van der Waals surface area contributed by atoms with Gasteiger partial charge in [-0.25, -0.2) is 0 Å². The minimum atomic E-state index is 0.922. The van der Waals surface area contributed by atoms with Crippen molar-refractivity contribution in [3.05, 3.63) is 118 Å². The molecule has 0 heterocycles. The first kappa shape index (κ1) is 35.1. The fourth-order valence-corrected chi connectivity index (χ4v) is 6.57. The van der Waals surface area contributed by atoms with Crippen LogP contribution >= 0.6 is 0 Å². The van der Waals surface area contributed by atoms with E-state index < -0.39 is 0 Å². The highest BCUT2D eigenvalue weighted by Crippen LogP contribution is 2.34. The molecule has 0 amide bonds. The standard InChI is InChI=1S/C44H56N2/c1-6-9-11-13-14-18-27-40-32-42(33-43(35(40)5)38-23-19-15-20-24-38)46-45-34(4)29-36-30-37(8-3)44(39-25-21-16-22-26-39)41(31-36)28-17-12-10-7-2/h15-16,19-26,29-33H,6-14,17-18,27-28H2,1-5H3. The molecule has 0 saturated heterocycles. The Morgan fingerprint density at radius 3 is 1.83 bits per heavy atom. The van der Waals surface area contributed by atoms with Gasteiger partial charge >= 0.3 is 0 Å². The summed E-state index contributed by atoms with van der Waals surface area (Å²) in [5.41, 5.74) is 13.9. The maximum Gasteiger partial charge on any atom is 0.0866 e. The minimum Gasteiger partial charge on any atom is -0.155 e. The fourth-order valence-electron chi connectivity index (χ4n) is 6.57. The summed E-state index contributed by atoms with van der Waals surface area (Å²) in [6.07, 6.45) is 18.3. The Bertz CT molecular complexity index is 1550. The lowest BCUT2D eigenvalue weighted by Gasteiger charge is -2.17. The van der Waals surface area contributed by atoms with Gasteiger partial charge in [-0.15, -0.1) is 0 Å². The van der Waals surface area contributed by atoms with Crippen molar-refractivity contribution in [3.8, 4) is 22.3 Å². The summed E-state index contributed by atoms with van der Waals surface area (Å²) in [6.45, 7) is 11.2. The average molecular weight is 613 g/mol. The highest BCUT2D eigenvalue weighted by atomic mass is 15.1. The monoisotopic (exact) mass is 612 g/mol. The largest absolute Gasteiger partial charge is 0.155 e. The third kappa shape index (κ3) is 10.4. The second kappa shape index (κ2) is 19.0. The summed E-state index contributed by atoms with van der Waals surface area (Å²) in [5.74, 6) is 0. The predicted molar refractivity (Wildman–Crippen MR) is 201 cm³/mol. The molecule has 46 heavy (non-hydrogen) atoms. The van der Waals surface area contributed by atoms with Crippen LogP contribution in [0.3, 0.4) is 0 Å². The van der Waals surface area contributed by atoms with Crippen LogP contribution < -0.4 is 0 Å². The molecule has 0 aromatic heterocycles. The summed E-state index contributed by atoms with van der Waals surface area (Å²) >= 11 is 0. The van der Waals surface area contributed by atoms with E-state index in [2.05, 4.69) is 126 Å². The van der Waals surface area contributed by atoms with E-state index in [9.17, 15) is 0 Å². The maximum atomic E-state index is 4.82. The SMILES string of the molecule is CCCCCCCCc1cc(N=NC(C)=Cc2cc(CC)c(-c3ccccc3)c(CCCCCC)c2)cc(-c2ccccc2)c1C. The molecule has 0 aliphatic heterocycles. The number of nitrogens with zero attached hydrogens (tertiary/aromatic N) is 2. The lowest BCUT2D eigenvalue weighted by Crippen LogP contribution is -1.98. The van der Waals surface area contributed by atoms with Gasteiger partial charge in [-0.1, -0.05) is 145 Å². The molecule has 4 aromatic rings. The lowest BCUT2D eigenvalue weighted by atomic mass is 9.88. The van der Waals surface area contributed by atoms with E-state index in [0.717, 1.165) is 30.6 Å². The summed E-state index contributed by atoms with van der Waals surface area (Å²) < 4.78 is 0. The van der Waals surface area contributed by atoms with Crippen molar-refractivity contribution < 1.29 is 0 Å². The Labute approximate surface area is 280 Å². The van der Waals surface area contributed by atoms with Crippen molar-refractivity contribution in [2.45, 2.75) is 118 Å². The molecule has 0 fully saturated rings. The van der Waals surface area contributed by atoms with Gasteiger partial charge in [0.25, 0.3) is 0 Å².